The first kappa shape index (κ1) is 23.0. The van der Waals surface area contributed by atoms with E-state index in [2.05, 4.69) is 5.32 Å². The average Bonchev–Trinajstić information content (AvgIpc) is 2.76. The number of ether oxygens (including phenoxy) is 3. The van der Waals surface area contributed by atoms with Gasteiger partial charge in [-0.2, -0.15) is 0 Å². The van der Waals surface area contributed by atoms with Crippen LogP contribution in [0.5, 0.6) is 5.75 Å². The second kappa shape index (κ2) is 10.1. The molecule has 0 atom stereocenters. The van der Waals surface area contributed by atoms with Crippen LogP contribution in [0.1, 0.15) is 41.4 Å². The van der Waals surface area contributed by atoms with Crippen molar-refractivity contribution in [3.8, 4) is 17.1 Å². The van der Waals surface area contributed by atoms with Crippen molar-refractivity contribution < 1.29 is 19.0 Å². The molecule has 0 unspecified atom stereocenters. The third-order valence-electron chi connectivity index (χ3n) is 5.57. The first-order valence-electron chi connectivity index (χ1n) is 10.5. The normalized spacial score (nSPS) is 13.4. The molecule has 1 aliphatic rings. The number of methoxy groups -OCH3 is 3. The van der Waals surface area contributed by atoms with Crippen LogP contribution >= 0.6 is 0 Å². The Hall–Kier alpha value is -2.71. The Labute approximate surface area is 182 Å². The molecule has 0 aliphatic heterocycles. The molecule has 1 aliphatic carbocycles. The van der Waals surface area contributed by atoms with Crippen LogP contribution in [0.3, 0.4) is 0 Å². The molecule has 1 aromatic carbocycles. The molecule has 0 saturated carbocycles. The van der Waals surface area contributed by atoms with Crippen LogP contribution in [0.15, 0.2) is 16.9 Å². The van der Waals surface area contributed by atoms with Crippen molar-refractivity contribution in [1.82, 2.24) is 9.55 Å². The smallest absolute Gasteiger partial charge is 0.277 e. The van der Waals surface area contributed by atoms with Crippen molar-refractivity contribution in [3.05, 3.63) is 39.3 Å². The number of nitrogens with zero attached hydrogens (tertiary/aromatic N) is 2. The molecule has 1 aromatic heterocycles. The van der Waals surface area contributed by atoms with Crippen LogP contribution in [0.4, 0.5) is 5.69 Å². The summed E-state index contributed by atoms with van der Waals surface area (Å²) < 4.78 is 17.7. The maximum atomic E-state index is 13.4. The third kappa shape index (κ3) is 4.65. The fourth-order valence-corrected chi connectivity index (χ4v) is 4.07. The number of carbonyl (C=O) groups is 1. The topological polar surface area (TPSA) is 91.7 Å². The number of aromatic nitrogens is 2. The van der Waals surface area contributed by atoms with Crippen LogP contribution in [-0.2, 0) is 22.4 Å². The van der Waals surface area contributed by atoms with Crippen LogP contribution in [0.2, 0.25) is 0 Å². The Kier molecular flexibility index (Phi) is 7.46. The van der Waals surface area contributed by atoms with Gasteiger partial charge in [0.2, 0.25) is 0 Å². The van der Waals surface area contributed by atoms with E-state index in [1.54, 1.807) is 38.9 Å². The first-order valence-corrected chi connectivity index (χ1v) is 10.5. The van der Waals surface area contributed by atoms with E-state index in [4.69, 9.17) is 19.2 Å². The van der Waals surface area contributed by atoms with Crippen molar-refractivity contribution in [1.29, 1.82) is 0 Å². The standard InChI is InChI=1S/C23H31N3O5/c1-6-26-22(18-10-15-8-7-9-19(27)17(15)11-20(18)31-5)24-14(2)21(23(26)28)25-16(12-29-3)13-30-4/h10-11,16,25H,6-9,12-13H2,1-5H3. The van der Waals surface area contributed by atoms with Crippen molar-refractivity contribution >= 4 is 11.5 Å². The SMILES string of the molecule is CCn1c(-c2cc3c(cc2OC)C(=O)CCC3)nc(C)c(NC(COC)COC)c1=O. The first-order chi connectivity index (χ1) is 14.9. The summed E-state index contributed by atoms with van der Waals surface area (Å²) in [6.45, 7) is 4.94. The van der Waals surface area contributed by atoms with Crippen molar-refractivity contribution in [2.75, 3.05) is 39.9 Å². The van der Waals surface area contributed by atoms with E-state index in [1.165, 1.54) is 0 Å². The van der Waals surface area contributed by atoms with E-state index in [0.29, 0.717) is 54.7 Å². The van der Waals surface area contributed by atoms with Crippen LogP contribution in [-0.4, -0.2) is 55.9 Å². The molecule has 31 heavy (non-hydrogen) atoms. The molecule has 168 valence electrons. The van der Waals surface area contributed by atoms with Crippen LogP contribution in [0.25, 0.3) is 11.4 Å². The lowest BCUT2D eigenvalue weighted by molar-refractivity contribution is 0.0972. The minimum Gasteiger partial charge on any atom is -0.496 e. The van der Waals surface area contributed by atoms with E-state index in [0.717, 1.165) is 24.0 Å². The number of rotatable bonds is 9. The second-order valence-electron chi connectivity index (χ2n) is 7.68. The summed E-state index contributed by atoms with van der Waals surface area (Å²) >= 11 is 0. The number of benzene rings is 1. The lowest BCUT2D eigenvalue weighted by atomic mass is 9.88. The van der Waals surface area contributed by atoms with E-state index in [1.807, 2.05) is 13.0 Å². The quantitative estimate of drug-likeness (QED) is 0.655. The summed E-state index contributed by atoms with van der Waals surface area (Å²) in [4.78, 5) is 30.5. The predicted octanol–water partition coefficient (Wildman–Crippen LogP) is 2.84. The van der Waals surface area contributed by atoms with Crippen molar-refractivity contribution in [2.24, 2.45) is 0 Å². The maximum absolute atomic E-state index is 13.4. The van der Waals surface area contributed by atoms with Gasteiger partial charge in [0.1, 0.15) is 17.3 Å². The van der Waals surface area contributed by atoms with Gasteiger partial charge < -0.3 is 19.5 Å². The number of aryl methyl sites for hydroxylation is 2. The Morgan fingerprint density at radius 1 is 1.10 bits per heavy atom. The zero-order chi connectivity index (χ0) is 22.5. The molecule has 0 bridgehead atoms. The van der Waals surface area contributed by atoms with Gasteiger partial charge in [0.15, 0.2) is 5.78 Å². The molecule has 2 aromatic rings. The van der Waals surface area contributed by atoms with E-state index in [-0.39, 0.29) is 17.4 Å². The molecule has 0 fully saturated rings. The van der Waals surface area contributed by atoms with Crippen LogP contribution in [0, 0.1) is 6.92 Å². The Morgan fingerprint density at radius 2 is 1.81 bits per heavy atom. The number of nitrogens with one attached hydrogen (secondary N) is 1. The molecule has 3 rings (SSSR count). The number of hydrogen-bond donors (Lipinski definition) is 1. The van der Waals surface area contributed by atoms with E-state index in [9.17, 15) is 9.59 Å². The Balaban J connectivity index is 2.13. The largest absolute Gasteiger partial charge is 0.496 e. The van der Waals surface area contributed by atoms with Gasteiger partial charge >= 0.3 is 0 Å². The Bertz CT molecular complexity index is 1010. The van der Waals surface area contributed by atoms with Gasteiger partial charge in [0.05, 0.1) is 37.6 Å². The van der Waals surface area contributed by atoms with E-state index < -0.39 is 0 Å². The highest BCUT2D eigenvalue weighted by molar-refractivity contribution is 5.99. The van der Waals surface area contributed by atoms with Gasteiger partial charge in [-0.05, 0) is 44.4 Å². The predicted molar refractivity (Wildman–Crippen MR) is 119 cm³/mol. The summed E-state index contributed by atoms with van der Waals surface area (Å²) in [6.07, 6.45) is 2.20. The zero-order valence-electron chi connectivity index (χ0n) is 18.9. The van der Waals surface area contributed by atoms with Gasteiger partial charge in [0.25, 0.3) is 5.56 Å². The molecule has 1 N–H and O–H groups in total. The number of ketones is 1. The molecule has 0 spiro atoms. The number of hydrogen-bond acceptors (Lipinski definition) is 7. The number of carbonyl (C=O) groups excluding carboxylic acids is 1. The third-order valence-corrected chi connectivity index (χ3v) is 5.57. The highest BCUT2D eigenvalue weighted by Crippen LogP contribution is 2.35. The van der Waals surface area contributed by atoms with E-state index >= 15 is 0 Å². The monoisotopic (exact) mass is 429 g/mol. The van der Waals surface area contributed by atoms with Crippen molar-refractivity contribution in [2.45, 2.75) is 45.7 Å². The average molecular weight is 430 g/mol. The van der Waals surface area contributed by atoms with Crippen LogP contribution < -0.4 is 15.6 Å². The lowest BCUT2D eigenvalue weighted by Crippen LogP contribution is -2.35. The molecule has 0 amide bonds. The molecular formula is C23H31N3O5. The fourth-order valence-electron chi connectivity index (χ4n) is 4.07. The molecule has 1 heterocycles. The van der Waals surface area contributed by atoms with Gasteiger partial charge in [-0.3, -0.25) is 14.2 Å². The van der Waals surface area contributed by atoms with Crippen molar-refractivity contribution in [3.63, 3.8) is 0 Å². The number of fused-ring (bicyclic) bond motifs is 1. The summed E-state index contributed by atoms with van der Waals surface area (Å²) in [7, 11) is 4.78. The van der Waals surface area contributed by atoms with Gasteiger partial charge in [-0.1, -0.05) is 0 Å². The maximum Gasteiger partial charge on any atom is 0.277 e. The molecular weight excluding hydrogens is 398 g/mol. The fraction of sp³-hybridized carbons (Fsp3) is 0.522. The summed E-state index contributed by atoms with van der Waals surface area (Å²) in [5.41, 5.74) is 3.24. The summed E-state index contributed by atoms with van der Waals surface area (Å²) in [6, 6.07) is 3.56. The molecule has 0 radical (unpaired) electrons. The lowest BCUT2D eigenvalue weighted by Gasteiger charge is -2.22. The van der Waals surface area contributed by atoms with Gasteiger partial charge in [-0.15, -0.1) is 0 Å². The minimum absolute atomic E-state index is 0.130. The highest BCUT2D eigenvalue weighted by atomic mass is 16.5. The molecule has 0 saturated heterocycles. The number of anilines is 1. The summed E-state index contributed by atoms with van der Waals surface area (Å²) in [5.74, 6) is 1.20. The van der Waals surface area contributed by atoms with Gasteiger partial charge in [-0.25, -0.2) is 4.98 Å². The highest BCUT2D eigenvalue weighted by Gasteiger charge is 2.24. The molecule has 8 heteroatoms. The second-order valence-corrected chi connectivity index (χ2v) is 7.68. The van der Waals surface area contributed by atoms with Gasteiger partial charge in [0, 0.05) is 32.7 Å². The minimum atomic E-state index is -0.177. The Morgan fingerprint density at radius 3 is 2.42 bits per heavy atom. The molecule has 8 nitrogen and oxygen atoms in total. The zero-order valence-corrected chi connectivity index (χ0v) is 18.9. The number of Topliss-reactive ketones (excluding diaryl/α,β-unsaturated/α-hetero) is 1. The summed E-state index contributed by atoms with van der Waals surface area (Å²) in [5, 5.41) is 3.23.